The maximum Gasteiger partial charge on any atom is 0.228 e. The summed E-state index contributed by atoms with van der Waals surface area (Å²) >= 11 is 3.23. The lowest BCUT2D eigenvalue weighted by Crippen LogP contribution is -2.14. The summed E-state index contributed by atoms with van der Waals surface area (Å²) in [5.41, 5.74) is 3.45. The quantitative estimate of drug-likeness (QED) is 0.366. The highest BCUT2D eigenvalue weighted by molar-refractivity contribution is 7.99. The molecule has 0 fully saturated rings. The predicted molar refractivity (Wildman–Crippen MR) is 120 cm³/mol. The number of hydrogen-bond acceptors (Lipinski definition) is 4. The summed E-state index contributed by atoms with van der Waals surface area (Å²) in [5, 5.41) is 3.76. The van der Waals surface area contributed by atoms with Crippen LogP contribution < -0.4 is 5.32 Å². The first-order valence-electron chi connectivity index (χ1n) is 9.29. The second-order valence-electron chi connectivity index (χ2n) is 6.51. The van der Waals surface area contributed by atoms with Crippen LogP contribution in [0.3, 0.4) is 0 Å². The minimum Gasteiger partial charge on any atom is -0.326 e. The molecule has 0 saturated heterocycles. The number of thiazole rings is 1. The van der Waals surface area contributed by atoms with E-state index >= 15 is 0 Å². The van der Waals surface area contributed by atoms with Gasteiger partial charge in [0.2, 0.25) is 5.91 Å². The van der Waals surface area contributed by atoms with Gasteiger partial charge < -0.3 is 5.32 Å². The Morgan fingerprint density at radius 3 is 2.55 bits per heavy atom. The lowest BCUT2D eigenvalue weighted by Gasteiger charge is -2.07. The minimum atomic E-state index is -0.260. The van der Waals surface area contributed by atoms with E-state index in [9.17, 15) is 9.18 Å². The molecule has 0 unspecified atom stereocenters. The third-order valence-corrected chi connectivity index (χ3v) is 6.33. The molecule has 6 heteroatoms. The van der Waals surface area contributed by atoms with Crippen LogP contribution in [0.2, 0.25) is 0 Å². The molecule has 0 radical (unpaired) electrons. The molecular formula is C23H19FN2OS2. The van der Waals surface area contributed by atoms with Crippen molar-refractivity contribution >= 4 is 44.9 Å². The van der Waals surface area contributed by atoms with Crippen molar-refractivity contribution in [1.82, 2.24) is 4.98 Å². The molecule has 0 aliphatic rings. The van der Waals surface area contributed by atoms with Crippen LogP contribution in [0, 0.1) is 5.82 Å². The number of amides is 1. The Labute approximate surface area is 177 Å². The third kappa shape index (κ3) is 4.83. The molecule has 29 heavy (non-hydrogen) atoms. The molecule has 3 aromatic carbocycles. The van der Waals surface area contributed by atoms with Crippen molar-refractivity contribution in [2.45, 2.75) is 18.2 Å². The lowest BCUT2D eigenvalue weighted by atomic mass is 10.1. The topological polar surface area (TPSA) is 42.0 Å². The zero-order valence-corrected chi connectivity index (χ0v) is 17.4. The van der Waals surface area contributed by atoms with E-state index in [0.717, 1.165) is 37.8 Å². The van der Waals surface area contributed by atoms with Crippen LogP contribution in [-0.4, -0.2) is 16.6 Å². The Kier molecular flexibility index (Phi) is 5.92. The second kappa shape index (κ2) is 8.76. The highest BCUT2D eigenvalue weighted by Crippen LogP contribution is 2.31. The van der Waals surface area contributed by atoms with Crippen molar-refractivity contribution in [2.75, 3.05) is 11.1 Å². The van der Waals surface area contributed by atoms with Crippen LogP contribution in [0.15, 0.2) is 71.6 Å². The Bertz CT molecular complexity index is 1140. The Morgan fingerprint density at radius 2 is 1.83 bits per heavy atom. The number of rotatable bonds is 6. The number of halogens is 1. The van der Waals surface area contributed by atoms with E-state index in [2.05, 4.69) is 29.4 Å². The average molecular weight is 423 g/mol. The van der Waals surface area contributed by atoms with Gasteiger partial charge in [-0.15, -0.1) is 23.1 Å². The fourth-order valence-electron chi connectivity index (χ4n) is 2.98. The van der Waals surface area contributed by atoms with Gasteiger partial charge >= 0.3 is 0 Å². The number of fused-ring (bicyclic) bond motifs is 1. The predicted octanol–water partition coefficient (Wildman–Crippen LogP) is 6.40. The van der Waals surface area contributed by atoms with Gasteiger partial charge in [-0.05, 0) is 65.9 Å². The summed E-state index contributed by atoms with van der Waals surface area (Å²) in [7, 11) is 0. The molecule has 146 valence electrons. The molecule has 1 N–H and O–H groups in total. The number of thioether (sulfide) groups is 1. The summed E-state index contributed by atoms with van der Waals surface area (Å²) in [5.74, 6) is 0.720. The molecule has 1 amide bonds. The van der Waals surface area contributed by atoms with Crippen molar-refractivity contribution in [1.29, 1.82) is 0 Å². The van der Waals surface area contributed by atoms with Crippen molar-refractivity contribution in [3.8, 4) is 10.6 Å². The molecule has 0 aliphatic carbocycles. The van der Waals surface area contributed by atoms with E-state index < -0.39 is 0 Å². The first kappa shape index (κ1) is 19.6. The SMILES string of the molecule is CCSc1ccc(CC(=O)Nc2ccc(-c3nc4ccc(F)cc4s3)cc2)cc1. The van der Waals surface area contributed by atoms with E-state index in [4.69, 9.17) is 0 Å². The normalized spacial score (nSPS) is 11.0. The number of carbonyl (C=O) groups is 1. The van der Waals surface area contributed by atoms with Crippen molar-refractivity contribution in [2.24, 2.45) is 0 Å². The molecule has 1 aromatic heterocycles. The van der Waals surface area contributed by atoms with Gasteiger partial charge in [-0.25, -0.2) is 9.37 Å². The first-order valence-corrected chi connectivity index (χ1v) is 11.1. The summed E-state index contributed by atoms with van der Waals surface area (Å²) in [6.45, 7) is 2.12. The molecule has 4 rings (SSSR count). The molecule has 1 heterocycles. The Hall–Kier alpha value is -2.70. The molecule has 3 nitrogen and oxygen atoms in total. The number of benzene rings is 3. The van der Waals surface area contributed by atoms with Gasteiger partial charge in [-0.1, -0.05) is 19.1 Å². The number of hydrogen-bond donors (Lipinski definition) is 1. The summed E-state index contributed by atoms with van der Waals surface area (Å²) < 4.78 is 14.2. The average Bonchev–Trinajstić information content (AvgIpc) is 3.13. The van der Waals surface area contributed by atoms with Crippen LogP contribution in [0.1, 0.15) is 12.5 Å². The fraction of sp³-hybridized carbons (Fsp3) is 0.130. The summed E-state index contributed by atoms with van der Waals surface area (Å²) in [6, 6.07) is 20.3. The van der Waals surface area contributed by atoms with Crippen LogP contribution in [0.5, 0.6) is 0 Å². The van der Waals surface area contributed by atoms with E-state index in [-0.39, 0.29) is 11.7 Å². The zero-order valence-electron chi connectivity index (χ0n) is 15.8. The van der Waals surface area contributed by atoms with Crippen LogP contribution in [-0.2, 0) is 11.2 Å². The van der Waals surface area contributed by atoms with Crippen molar-refractivity contribution in [3.63, 3.8) is 0 Å². The maximum absolute atomic E-state index is 13.4. The molecular weight excluding hydrogens is 403 g/mol. The molecule has 0 bridgehead atoms. The molecule has 0 aliphatic heterocycles. The molecule has 0 atom stereocenters. The van der Waals surface area contributed by atoms with E-state index in [1.807, 2.05) is 36.4 Å². The van der Waals surface area contributed by atoms with Gasteiger partial charge in [-0.3, -0.25) is 4.79 Å². The van der Waals surface area contributed by atoms with Crippen LogP contribution in [0.25, 0.3) is 20.8 Å². The van der Waals surface area contributed by atoms with Gasteiger partial charge in [-0.2, -0.15) is 0 Å². The number of carbonyl (C=O) groups excluding carboxylic acids is 1. The summed E-state index contributed by atoms with van der Waals surface area (Å²) in [4.78, 5) is 18.1. The molecule has 4 aromatic rings. The minimum absolute atomic E-state index is 0.0518. The van der Waals surface area contributed by atoms with Gasteiger partial charge in [0.15, 0.2) is 0 Å². The number of anilines is 1. The highest BCUT2D eigenvalue weighted by Gasteiger charge is 2.09. The third-order valence-electron chi connectivity index (χ3n) is 4.37. The van der Waals surface area contributed by atoms with E-state index in [1.165, 1.54) is 28.4 Å². The zero-order chi connectivity index (χ0) is 20.2. The highest BCUT2D eigenvalue weighted by atomic mass is 32.2. The van der Waals surface area contributed by atoms with Crippen LogP contribution in [0.4, 0.5) is 10.1 Å². The van der Waals surface area contributed by atoms with Gasteiger partial charge in [0.25, 0.3) is 0 Å². The summed E-state index contributed by atoms with van der Waals surface area (Å²) in [6.07, 6.45) is 0.336. The van der Waals surface area contributed by atoms with Crippen molar-refractivity contribution in [3.05, 3.63) is 78.1 Å². The fourth-order valence-corrected chi connectivity index (χ4v) is 4.64. The van der Waals surface area contributed by atoms with E-state index in [1.54, 1.807) is 17.8 Å². The first-order chi connectivity index (χ1) is 14.1. The number of aromatic nitrogens is 1. The molecule has 0 spiro atoms. The van der Waals surface area contributed by atoms with Crippen molar-refractivity contribution < 1.29 is 9.18 Å². The smallest absolute Gasteiger partial charge is 0.228 e. The Balaban J connectivity index is 1.41. The number of nitrogens with zero attached hydrogens (tertiary/aromatic N) is 1. The molecule has 0 saturated carbocycles. The van der Waals surface area contributed by atoms with E-state index in [0.29, 0.717) is 6.42 Å². The lowest BCUT2D eigenvalue weighted by molar-refractivity contribution is -0.115. The number of nitrogens with one attached hydrogen (secondary N) is 1. The van der Waals surface area contributed by atoms with Gasteiger partial charge in [0, 0.05) is 16.1 Å². The Morgan fingerprint density at radius 1 is 1.07 bits per heavy atom. The second-order valence-corrected chi connectivity index (χ2v) is 8.88. The monoisotopic (exact) mass is 422 g/mol. The van der Waals surface area contributed by atoms with Gasteiger partial charge in [0.05, 0.1) is 16.6 Å². The maximum atomic E-state index is 13.4. The van der Waals surface area contributed by atoms with Gasteiger partial charge in [0.1, 0.15) is 10.8 Å². The largest absolute Gasteiger partial charge is 0.326 e. The van der Waals surface area contributed by atoms with Crippen LogP contribution >= 0.6 is 23.1 Å². The standard InChI is InChI=1S/C23H19FN2OS2/c1-2-28-19-10-3-15(4-11-19)13-22(27)25-18-8-5-16(6-9-18)23-26-20-12-7-17(24)14-21(20)29-23/h3-12,14H,2,13H2,1H3,(H,25,27).